The first-order chi connectivity index (χ1) is 15.1. The van der Waals surface area contributed by atoms with Crippen molar-refractivity contribution in [2.24, 2.45) is 0 Å². The molecule has 8 nitrogen and oxygen atoms in total. The standard InChI is InChI=1S/C23H30N6O2/c1-15(2)29-23(26-21(27-29)14-30-3)19-13-28-10-11-31-20-12-17(16-6-8-24-9-7-16)4-5-18(20)22(28)25-19/h4-5,12-13,15-16,24H,6-11,14H2,1-3H3. The third-order valence-corrected chi connectivity index (χ3v) is 6.09. The molecule has 1 aromatic carbocycles. The predicted molar refractivity (Wildman–Crippen MR) is 118 cm³/mol. The summed E-state index contributed by atoms with van der Waals surface area (Å²) in [4.78, 5) is 9.69. The summed E-state index contributed by atoms with van der Waals surface area (Å²) < 4.78 is 15.5. The van der Waals surface area contributed by atoms with E-state index in [0.29, 0.717) is 25.0 Å². The van der Waals surface area contributed by atoms with Gasteiger partial charge in [-0.2, -0.15) is 5.10 Å². The number of ether oxygens (including phenoxy) is 2. The van der Waals surface area contributed by atoms with Crippen molar-refractivity contribution in [2.75, 3.05) is 26.8 Å². The SMILES string of the molecule is COCc1nc(-c2cn3c(n2)-c2ccc(C4CCNCC4)cc2OCC3)n(C(C)C)n1. The second-order valence-corrected chi connectivity index (χ2v) is 8.59. The van der Waals surface area contributed by atoms with Gasteiger partial charge in [0, 0.05) is 19.3 Å². The molecule has 0 saturated carbocycles. The van der Waals surface area contributed by atoms with E-state index < -0.39 is 0 Å². The summed E-state index contributed by atoms with van der Waals surface area (Å²) in [5, 5.41) is 8.05. The van der Waals surface area contributed by atoms with Crippen molar-refractivity contribution in [1.29, 1.82) is 0 Å². The molecule has 0 bridgehead atoms. The van der Waals surface area contributed by atoms with E-state index in [1.54, 1.807) is 7.11 Å². The van der Waals surface area contributed by atoms with Crippen LogP contribution in [0.3, 0.4) is 0 Å². The molecule has 8 heteroatoms. The second kappa shape index (κ2) is 8.43. The highest BCUT2D eigenvalue weighted by Gasteiger charge is 2.24. The zero-order valence-electron chi connectivity index (χ0n) is 18.5. The fourth-order valence-electron chi connectivity index (χ4n) is 4.51. The summed E-state index contributed by atoms with van der Waals surface area (Å²) >= 11 is 0. The number of hydrogen-bond donors (Lipinski definition) is 1. The molecule has 2 aliphatic rings. The van der Waals surface area contributed by atoms with Gasteiger partial charge in [0.2, 0.25) is 0 Å². The van der Waals surface area contributed by atoms with Crippen molar-refractivity contribution in [3.8, 4) is 28.7 Å². The molecule has 1 N–H and O–H groups in total. The van der Waals surface area contributed by atoms with E-state index in [1.165, 1.54) is 18.4 Å². The van der Waals surface area contributed by atoms with Gasteiger partial charge in [0.05, 0.1) is 12.1 Å². The van der Waals surface area contributed by atoms with Crippen molar-refractivity contribution >= 4 is 0 Å². The molecule has 1 saturated heterocycles. The number of piperidine rings is 1. The molecule has 0 unspecified atom stereocenters. The molecule has 4 heterocycles. The highest BCUT2D eigenvalue weighted by Crippen LogP contribution is 2.37. The molecule has 0 amide bonds. The minimum atomic E-state index is 0.178. The first-order valence-electron chi connectivity index (χ1n) is 11.1. The summed E-state index contributed by atoms with van der Waals surface area (Å²) in [6.45, 7) is 8.12. The number of methoxy groups -OCH3 is 1. The monoisotopic (exact) mass is 422 g/mol. The molecule has 0 atom stereocenters. The molecule has 164 valence electrons. The smallest absolute Gasteiger partial charge is 0.179 e. The van der Waals surface area contributed by atoms with Gasteiger partial charge in [0.1, 0.15) is 30.5 Å². The van der Waals surface area contributed by atoms with E-state index >= 15 is 0 Å². The third-order valence-electron chi connectivity index (χ3n) is 6.09. The van der Waals surface area contributed by atoms with Crippen LogP contribution in [0.1, 0.15) is 50.0 Å². The van der Waals surface area contributed by atoms with Crippen molar-refractivity contribution < 1.29 is 9.47 Å². The lowest BCUT2D eigenvalue weighted by atomic mass is 9.89. The Morgan fingerprint density at radius 3 is 2.81 bits per heavy atom. The van der Waals surface area contributed by atoms with Gasteiger partial charge in [0.15, 0.2) is 11.6 Å². The van der Waals surface area contributed by atoms with E-state index in [1.807, 2.05) is 4.68 Å². The van der Waals surface area contributed by atoms with Gasteiger partial charge < -0.3 is 19.4 Å². The average molecular weight is 423 g/mol. The summed E-state index contributed by atoms with van der Waals surface area (Å²) in [6.07, 6.45) is 4.41. The minimum Gasteiger partial charge on any atom is -0.491 e. The molecule has 3 aromatic rings. The van der Waals surface area contributed by atoms with E-state index in [4.69, 9.17) is 19.4 Å². The van der Waals surface area contributed by atoms with E-state index in [2.05, 4.69) is 53.2 Å². The van der Waals surface area contributed by atoms with Gasteiger partial charge in [-0.3, -0.25) is 0 Å². The second-order valence-electron chi connectivity index (χ2n) is 8.59. The van der Waals surface area contributed by atoms with Gasteiger partial charge in [-0.25, -0.2) is 14.6 Å². The molecule has 2 aromatic heterocycles. The molecule has 31 heavy (non-hydrogen) atoms. The number of benzene rings is 1. The number of nitrogens with zero attached hydrogens (tertiary/aromatic N) is 5. The lowest BCUT2D eigenvalue weighted by Gasteiger charge is -2.23. The summed E-state index contributed by atoms with van der Waals surface area (Å²) in [5.74, 6) is 3.89. The summed E-state index contributed by atoms with van der Waals surface area (Å²) in [7, 11) is 1.66. The molecule has 5 rings (SSSR count). The van der Waals surface area contributed by atoms with Crippen LogP contribution in [0.25, 0.3) is 22.9 Å². The van der Waals surface area contributed by atoms with E-state index in [0.717, 1.165) is 48.3 Å². The van der Waals surface area contributed by atoms with Crippen LogP contribution >= 0.6 is 0 Å². The lowest BCUT2D eigenvalue weighted by Crippen LogP contribution is -2.26. The van der Waals surface area contributed by atoms with Crippen LogP contribution in [0.4, 0.5) is 0 Å². The summed E-state index contributed by atoms with van der Waals surface area (Å²) in [5.41, 5.74) is 3.23. The number of fused-ring (bicyclic) bond motifs is 3. The topological polar surface area (TPSA) is 79.0 Å². The largest absolute Gasteiger partial charge is 0.491 e. The third kappa shape index (κ3) is 3.85. The summed E-state index contributed by atoms with van der Waals surface area (Å²) in [6, 6.07) is 6.82. The van der Waals surface area contributed by atoms with Gasteiger partial charge in [-0.15, -0.1) is 0 Å². The van der Waals surface area contributed by atoms with Crippen LogP contribution in [-0.4, -0.2) is 51.1 Å². The quantitative estimate of drug-likeness (QED) is 0.679. The van der Waals surface area contributed by atoms with Gasteiger partial charge in [-0.05, 0) is 63.4 Å². The Morgan fingerprint density at radius 1 is 1.19 bits per heavy atom. The Bertz CT molecular complexity index is 1060. The van der Waals surface area contributed by atoms with Crippen LogP contribution in [0.2, 0.25) is 0 Å². The number of aromatic nitrogens is 5. The molecule has 0 radical (unpaired) electrons. The average Bonchev–Trinajstić information content (AvgIpc) is 3.35. The maximum atomic E-state index is 6.14. The van der Waals surface area contributed by atoms with Crippen LogP contribution < -0.4 is 10.1 Å². The Kier molecular flexibility index (Phi) is 5.50. The van der Waals surface area contributed by atoms with Crippen molar-refractivity contribution in [1.82, 2.24) is 29.6 Å². The van der Waals surface area contributed by atoms with Crippen LogP contribution in [0, 0.1) is 0 Å². The van der Waals surface area contributed by atoms with Crippen LogP contribution in [0.5, 0.6) is 5.75 Å². The molecule has 0 aliphatic carbocycles. The zero-order chi connectivity index (χ0) is 21.4. The van der Waals surface area contributed by atoms with Crippen LogP contribution in [-0.2, 0) is 17.9 Å². The molecule has 0 spiro atoms. The number of imidazole rings is 1. The molecular formula is C23H30N6O2. The van der Waals surface area contributed by atoms with Crippen molar-refractivity contribution in [3.63, 3.8) is 0 Å². The fraction of sp³-hybridized carbons (Fsp3) is 0.522. The van der Waals surface area contributed by atoms with Gasteiger partial charge in [0.25, 0.3) is 0 Å². The predicted octanol–water partition coefficient (Wildman–Crippen LogP) is 3.40. The highest BCUT2D eigenvalue weighted by molar-refractivity contribution is 5.69. The van der Waals surface area contributed by atoms with E-state index in [-0.39, 0.29) is 6.04 Å². The zero-order valence-corrected chi connectivity index (χ0v) is 18.5. The van der Waals surface area contributed by atoms with Gasteiger partial charge >= 0.3 is 0 Å². The maximum absolute atomic E-state index is 6.14. The van der Waals surface area contributed by atoms with Crippen molar-refractivity contribution in [3.05, 3.63) is 35.8 Å². The first-order valence-corrected chi connectivity index (χ1v) is 11.1. The Labute approximate surface area is 182 Å². The number of hydrogen-bond acceptors (Lipinski definition) is 6. The Balaban J connectivity index is 1.53. The highest BCUT2D eigenvalue weighted by atomic mass is 16.5. The first kappa shape index (κ1) is 20.2. The number of rotatable bonds is 5. The minimum absolute atomic E-state index is 0.178. The maximum Gasteiger partial charge on any atom is 0.179 e. The van der Waals surface area contributed by atoms with E-state index in [9.17, 15) is 0 Å². The van der Waals surface area contributed by atoms with Crippen molar-refractivity contribution in [2.45, 2.75) is 51.8 Å². The lowest BCUT2D eigenvalue weighted by molar-refractivity contribution is 0.177. The van der Waals surface area contributed by atoms with Gasteiger partial charge in [-0.1, -0.05) is 6.07 Å². The molecule has 2 aliphatic heterocycles. The fourth-order valence-corrected chi connectivity index (χ4v) is 4.51. The number of nitrogens with one attached hydrogen (secondary N) is 1. The Morgan fingerprint density at radius 2 is 2.03 bits per heavy atom. The normalized spacial score (nSPS) is 16.6. The van der Waals surface area contributed by atoms with Crippen LogP contribution in [0.15, 0.2) is 24.4 Å². The molecular weight excluding hydrogens is 392 g/mol. The molecule has 1 fully saturated rings. The Hall–Kier alpha value is -2.71.